The maximum atomic E-state index is 2.45. The van der Waals surface area contributed by atoms with Crippen LogP contribution in [0.25, 0.3) is 0 Å². The first-order valence-corrected chi connectivity index (χ1v) is 19.9. The van der Waals surface area contributed by atoms with Crippen LogP contribution in [0, 0.1) is 27.7 Å². The highest BCUT2D eigenvalue weighted by atomic mass is 29.3. The fourth-order valence-electron chi connectivity index (χ4n) is 6.89. The Morgan fingerprint density at radius 1 is 0.238 bits per heavy atom. The Labute approximate surface area is 253 Å². The van der Waals surface area contributed by atoms with E-state index in [1.54, 1.807) is 0 Å². The standard InChI is InChI=1S/C40H38Si2/c1-31-15-23-37(24-16-31)41(35-11-7-5-8-12-35,38-25-17-32(2)18-26-38)42(36-13-9-6-10-14-36,39-27-19-33(3)20-28-39)40-29-21-34(4)22-30-40/h5-30H,1-4H3. The van der Waals surface area contributed by atoms with Gasteiger partial charge in [-0.3, -0.25) is 0 Å². The van der Waals surface area contributed by atoms with E-state index in [2.05, 4.69) is 185 Å². The van der Waals surface area contributed by atoms with Gasteiger partial charge >= 0.3 is 0 Å². The zero-order valence-electron chi connectivity index (χ0n) is 25.0. The Morgan fingerprint density at radius 2 is 0.429 bits per heavy atom. The summed E-state index contributed by atoms with van der Waals surface area (Å²) in [5, 5.41) is 8.74. The van der Waals surface area contributed by atoms with E-state index in [9.17, 15) is 0 Å². The van der Waals surface area contributed by atoms with Crippen LogP contribution in [0.4, 0.5) is 0 Å². The number of aryl methyl sites for hydroxylation is 4. The minimum atomic E-state index is -2.87. The van der Waals surface area contributed by atoms with Gasteiger partial charge in [0.25, 0.3) is 0 Å². The average Bonchev–Trinajstić information content (AvgIpc) is 3.03. The van der Waals surface area contributed by atoms with E-state index in [-0.39, 0.29) is 0 Å². The summed E-state index contributed by atoms with van der Waals surface area (Å²) >= 11 is 0. The summed E-state index contributed by atoms with van der Waals surface area (Å²) in [4.78, 5) is 0. The van der Waals surface area contributed by atoms with E-state index in [0.717, 1.165) is 0 Å². The second-order valence-corrected chi connectivity index (χ2v) is 22.7. The van der Waals surface area contributed by atoms with Crippen molar-refractivity contribution in [2.45, 2.75) is 27.7 Å². The smallest absolute Gasteiger partial charge is 0.0624 e. The molecule has 0 aliphatic heterocycles. The van der Waals surface area contributed by atoms with E-state index in [1.165, 1.54) is 53.4 Å². The number of rotatable bonds is 7. The molecule has 0 radical (unpaired) electrons. The van der Waals surface area contributed by atoms with E-state index in [4.69, 9.17) is 0 Å². The van der Waals surface area contributed by atoms with Crippen LogP contribution in [0.2, 0.25) is 0 Å². The van der Waals surface area contributed by atoms with Crippen LogP contribution < -0.4 is 31.1 Å². The highest BCUT2D eigenvalue weighted by Crippen LogP contribution is 2.24. The summed E-state index contributed by atoms with van der Waals surface area (Å²) in [6.07, 6.45) is 0. The first-order valence-electron chi connectivity index (χ1n) is 14.9. The normalized spacial score (nSPS) is 11.8. The molecule has 0 nitrogen and oxygen atoms in total. The molecule has 0 saturated heterocycles. The van der Waals surface area contributed by atoms with Gasteiger partial charge in [0.05, 0.1) is 0 Å². The average molecular weight is 575 g/mol. The quantitative estimate of drug-likeness (QED) is 0.171. The summed E-state index contributed by atoms with van der Waals surface area (Å²) in [6, 6.07) is 61.1. The Kier molecular flexibility index (Phi) is 7.68. The van der Waals surface area contributed by atoms with Gasteiger partial charge in [0.1, 0.15) is 0 Å². The fourth-order valence-corrected chi connectivity index (χ4v) is 26.3. The summed E-state index contributed by atoms with van der Waals surface area (Å²) in [7, 11) is -5.74. The molecule has 0 aliphatic carbocycles. The van der Waals surface area contributed by atoms with Crippen molar-refractivity contribution >= 4 is 46.3 Å². The third-order valence-electron chi connectivity index (χ3n) is 8.91. The summed E-state index contributed by atoms with van der Waals surface area (Å²) in [5.41, 5.74) is 5.15. The van der Waals surface area contributed by atoms with Crippen molar-refractivity contribution in [3.63, 3.8) is 0 Å². The zero-order chi connectivity index (χ0) is 29.2. The van der Waals surface area contributed by atoms with Crippen molar-refractivity contribution in [1.82, 2.24) is 0 Å². The van der Waals surface area contributed by atoms with Crippen molar-refractivity contribution in [1.29, 1.82) is 0 Å². The van der Waals surface area contributed by atoms with Crippen LogP contribution in [0.3, 0.4) is 0 Å². The molecular formula is C40H38Si2. The highest BCUT2D eigenvalue weighted by Gasteiger charge is 2.61. The predicted molar refractivity (Wildman–Crippen MR) is 187 cm³/mol. The first-order chi connectivity index (χ1) is 20.5. The van der Waals surface area contributed by atoms with Crippen molar-refractivity contribution in [3.8, 4) is 0 Å². The van der Waals surface area contributed by atoms with Crippen LogP contribution in [-0.4, -0.2) is 15.2 Å². The van der Waals surface area contributed by atoms with Crippen LogP contribution in [0.1, 0.15) is 22.3 Å². The number of benzene rings is 6. The molecular weight excluding hydrogens is 537 g/mol. The molecule has 0 atom stereocenters. The van der Waals surface area contributed by atoms with Gasteiger partial charge in [-0.15, -0.1) is 0 Å². The van der Waals surface area contributed by atoms with E-state index >= 15 is 0 Å². The molecule has 0 fully saturated rings. The minimum absolute atomic E-state index is 1.29. The lowest BCUT2D eigenvalue weighted by Gasteiger charge is -2.50. The van der Waals surface area contributed by atoms with Crippen molar-refractivity contribution in [2.24, 2.45) is 0 Å². The largest absolute Gasteiger partial charge is 0.154 e. The molecule has 6 rings (SSSR count). The Bertz CT molecular complexity index is 1530. The molecule has 0 bridgehead atoms. The van der Waals surface area contributed by atoms with Gasteiger partial charge < -0.3 is 0 Å². The highest BCUT2D eigenvalue weighted by molar-refractivity contribution is 7.67. The maximum Gasteiger partial charge on any atom is 0.154 e. The fraction of sp³-hybridized carbons (Fsp3) is 0.100. The molecule has 0 aromatic heterocycles. The molecule has 0 spiro atoms. The van der Waals surface area contributed by atoms with Crippen LogP contribution in [-0.2, 0) is 0 Å². The SMILES string of the molecule is Cc1ccc([Si](c2ccccc2)(c2ccc(C)cc2)[Si](c2ccccc2)(c2ccc(C)cc2)c2ccc(C)cc2)cc1. The molecule has 206 valence electrons. The van der Waals surface area contributed by atoms with Gasteiger partial charge in [-0.25, -0.2) is 0 Å². The third kappa shape index (κ3) is 4.61. The topological polar surface area (TPSA) is 0 Å². The summed E-state index contributed by atoms with van der Waals surface area (Å²) in [6.45, 7) is 8.79. The van der Waals surface area contributed by atoms with Crippen molar-refractivity contribution in [2.75, 3.05) is 0 Å². The van der Waals surface area contributed by atoms with E-state index in [1.807, 2.05) is 0 Å². The van der Waals surface area contributed by atoms with E-state index in [0.29, 0.717) is 0 Å². The zero-order valence-corrected chi connectivity index (χ0v) is 27.0. The lowest BCUT2D eigenvalue weighted by molar-refractivity contribution is 1.47. The monoisotopic (exact) mass is 574 g/mol. The number of hydrogen-bond acceptors (Lipinski definition) is 0. The molecule has 0 N–H and O–H groups in total. The molecule has 2 heteroatoms. The van der Waals surface area contributed by atoms with E-state index < -0.39 is 15.2 Å². The maximum absolute atomic E-state index is 2.87. The summed E-state index contributed by atoms with van der Waals surface area (Å²) < 4.78 is 0. The van der Waals surface area contributed by atoms with Crippen molar-refractivity contribution < 1.29 is 0 Å². The predicted octanol–water partition coefficient (Wildman–Crippen LogP) is 5.64. The molecule has 0 heterocycles. The number of hydrogen-bond donors (Lipinski definition) is 0. The molecule has 0 amide bonds. The minimum Gasteiger partial charge on any atom is -0.0624 e. The Balaban J connectivity index is 1.93. The molecule has 42 heavy (non-hydrogen) atoms. The molecule has 0 aliphatic rings. The molecule has 6 aromatic rings. The lowest BCUT2D eigenvalue weighted by atomic mass is 10.2. The molecule has 0 unspecified atom stereocenters. The second kappa shape index (κ2) is 11.6. The third-order valence-corrected chi connectivity index (χ3v) is 25.8. The van der Waals surface area contributed by atoms with Crippen LogP contribution >= 0.6 is 0 Å². The second-order valence-electron chi connectivity index (χ2n) is 11.7. The summed E-state index contributed by atoms with van der Waals surface area (Å²) in [5.74, 6) is 0. The van der Waals surface area contributed by atoms with Gasteiger partial charge in [-0.1, -0.05) is 211 Å². The Morgan fingerprint density at radius 3 is 0.643 bits per heavy atom. The van der Waals surface area contributed by atoms with Gasteiger partial charge in [0.2, 0.25) is 0 Å². The van der Waals surface area contributed by atoms with Crippen LogP contribution in [0.15, 0.2) is 158 Å². The Hall–Kier alpha value is -4.25. The van der Waals surface area contributed by atoms with Crippen LogP contribution in [0.5, 0.6) is 0 Å². The molecule has 0 saturated carbocycles. The van der Waals surface area contributed by atoms with Gasteiger partial charge in [0, 0.05) is 0 Å². The lowest BCUT2D eigenvalue weighted by Crippen LogP contribution is -2.94. The van der Waals surface area contributed by atoms with Gasteiger partial charge in [-0.05, 0) is 27.7 Å². The van der Waals surface area contributed by atoms with Crippen molar-refractivity contribution in [3.05, 3.63) is 180 Å². The van der Waals surface area contributed by atoms with Gasteiger partial charge in [-0.2, -0.15) is 0 Å². The molecule has 6 aromatic carbocycles. The first kappa shape index (κ1) is 27.9. The van der Waals surface area contributed by atoms with Gasteiger partial charge in [0.15, 0.2) is 15.2 Å².